The Hall–Kier alpha value is -1.14. The predicted octanol–water partition coefficient (Wildman–Crippen LogP) is 2.00. The molecule has 1 atom stereocenters. The molecule has 2 heterocycles. The van der Waals surface area contributed by atoms with Gasteiger partial charge in [-0.25, -0.2) is 0 Å². The third-order valence-electron chi connectivity index (χ3n) is 2.41. The minimum absolute atomic E-state index is 0.0860. The van der Waals surface area contributed by atoms with E-state index in [4.69, 9.17) is 0 Å². The number of esters is 1. The standard InChI is InChI=1S/C11H10BrNO3S/c1-16-11(15)8(12)6-13-4-2-9-7(10(13)14)3-5-17-9/h2-5,8H,6H2,1H3. The van der Waals surface area contributed by atoms with E-state index in [1.807, 2.05) is 11.4 Å². The molecule has 6 heteroatoms. The Balaban J connectivity index is 2.33. The van der Waals surface area contributed by atoms with Crippen LogP contribution in [0.3, 0.4) is 0 Å². The van der Waals surface area contributed by atoms with Gasteiger partial charge in [-0.15, -0.1) is 11.3 Å². The van der Waals surface area contributed by atoms with Gasteiger partial charge in [0.25, 0.3) is 5.56 Å². The maximum Gasteiger partial charge on any atom is 0.321 e. The molecule has 0 fully saturated rings. The van der Waals surface area contributed by atoms with E-state index in [-0.39, 0.29) is 18.1 Å². The molecule has 0 aromatic carbocycles. The highest BCUT2D eigenvalue weighted by Gasteiger charge is 2.16. The fraction of sp³-hybridized carbons (Fsp3) is 0.273. The largest absolute Gasteiger partial charge is 0.468 e. The van der Waals surface area contributed by atoms with E-state index in [1.54, 1.807) is 12.3 Å². The Kier molecular flexibility index (Phi) is 3.63. The number of ether oxygens (including phenoxy) is 1. The fourth-order valence-electron chi connectivity index (χ4n) is 1.53. The molecule has 0 bridgehead atoms. The van der Waals surface area contributed by atoms with Gasteiger partial charge < -0.3 is 9.30 Å². The van der Waals surface area contributed by atoms with Gasteiger partial charge in [-0.3, -0.25) is 9.59 Å². The lowest BCUT2D eigenvalue weighted by Gasteiger charge is -2.09. The van der Waals surface area contributed by atoms with Crippen LogP contribution in [-0.4, -0.2) is 22.5 Å². The lowest BCUT2D eigenvalue weighted by Crippen LogP contribution is -2.28. The molecule has 0 amide bonds. The van der Waals surface area contributed by atoms with E-state index in [0.29, 0.717) is 5.39 Å². The molecule has 0 spiro atoms. The molecular formula is C11H10BrNO3S. The monoisotopic (exact) mass is 315 g/mol. The van der Waals surface area contributed by atoms with E-state index < -0.39 is 4.83 Å². The van der Waals surface area contributed by atoms with Crippen LogP contribution >= 0.6 is 27.3 Å². The van der Waals surface area contributed by atoms with Crippen molar-refractivity contribution in [3.63, 3.8) is 0 Å². The quantitative estimate of drug-likeness (QED) is 0.643. The lowest BCUT2D eigenvalue weighted by molar-refractivity contribution is -0.140. The SMILES string of the molecule is COC(=O)C(Br)Cn1ccc2sccc2c1=O. The summed E-state index contributed by atoms with van der Waals surface area (Å²) in [6.45, 7) is 0.261. The van der Waals surface area contributed by atoms with E-state index in [9.17, 15) is 9.59 Å². The van der Waals surface area contributed by atoms with Crippen LogP contribution in [0.25, 0.3) is 10.1 Å². The Morgan fingerprint density at radius 2 is 2.35 bits per heavy atom. The maximum atomic E-state index is 12.0. The van der Waals surface area contributed by atoms with E-state index in [0.717, 1.165) is 4.70 Å². The summed E-state index contributed by atoms with van der Waals surface area (Å²) in [5, 5.41) is 2.56. The van der Waals surface area contributed by atoms with E-state index >= 15 is 0 Å². The number of hydrogen-bond acceptors (Lipinski definition) is 4. The summed E-state index contributed by atoms with van der Waals surface area (Å²) in [6.07, 6.45) is 1.69. The van der Waals surface area contributed by atoms with Crippen molar-refractivity contribution in [3.8, 4) is 0 Å². The van der Waals surface area contributed by atoms with Crippen LogP contribution in [0.15, 0.2) is 28.5 Å². The molecule has 2 aromatic rings. The number of alkyl halides is 1. The highest BCUT2D eigenvalue weighted by atomic mass is 79.9. The fourth-order valence-corrected chi connectivity index (χ4v) is 2.80. The zero-order valence-electron chi connectivity index (χ0n) is 9.05. The number of hydrogen-bond donors (Lipinski definition) is 0. The molecule has 17 heavy (non-hydrogen) atoms. The normalized spacial score (nSPS) is 12.6. The van der Waals surface area contributed by atoms with Crippen molar-refractivity contribution in [2.24, 2.45) is 0 Å². The van der Waals surface area contributed by atoms with Gasteiger partial charge in [0.05, 0.1) is 12.5 Å². The smallest absolute Gasteiger partial charge is 0.321 e. The molecule has 0 saturated heterocycles. The summed E-state index contributed by atoms with van der Waals surface area (Å²) < 4.78 is 7.06. The van der Waals surface area contributed by atoms with Crippen LogP contribution in [-0.2, 0) is 16.1 Å². The van der Waals surface area contributed by atoms with Crippen LogP contribution in [0.1, 0.15) is 0 Å². The Morgan fingerprint density at radius 3 is 3.06 bits per heavy atom. The minimum Gasteiger partial charge on any atom is -0.468 e. The second-order valence-electron chi connectivity index (χ2n) is 3.46. The van der Waals surface area contributed by atoms with Gasteiger partial charge in [0, 0.05) is 17.4 Å². The number of thiophene rings is 1. The number of carbonyl (C=O) groups excluding carboxylic acids is 1. The van der Waals surface area contributed by atoms with Gasteiger partial charge >= 0.3 is 5.97 Å². The third kappa shape index (κ3) is 2.42. The zero-order chi connectivity index (χ0) is 12.4. The van der Waals surface area contributed by atoms with Crippen LogP contribution in [0.5, 0.6) is 0 Å². The predicted molar refractivity (Wildman–Crippen MR) is 70.8 cm³/mol. The lowest BCUT2D eigenvalue weighted by atomic mass is 10.3. The summed E-state index contributed by atoms with van der Waals surface area (Å²) in [6, 6.07) is 3.67. The number of rotatable bonds is 3. The van der Waals surface area contributed by atoms with E-state index in [1.165, 1.54) is 23.0 Å². The van der Waals surface area contributed by atoms with Crippen LogP contribution in [0.2, 0.25) is 0 Å². The van der Waals surface area contributed by atoms with Crippen molar-refractivity contribution < 1.29 is 9.53 Å². The molecule has 0 N–H and O–H groups in total. The number of carbonyl (C=O) groups is 1. The van der Waals surface area contributed by atoms with Gasteiger partial charge in [-0.05, 0) is 17.5 Å². The molecule has 0 saturated carbocycles. The minimum atomic E-state index is -0.513. The van der Waals surface area contributed by atoms with E-state index in [2.05, 4.69) is 20.7 Å². The number of nitrogens with zero attached hydrogens (tertiary/aromatic N) is 1. The number of pyridine rings is 1. The average Bonchev–Trinajstić information content (AvgIpc) is 2.80. The number of aromatic nitrogens is 1. The number of fused-ring (bicyclic) bond motifs is 1. The maximum absolute atomic E-state index is 12.0. The highest BCUT2D eigenvalue weighted by Crippen LogP contribution is 2.16. The Morgan fingerprint density at radius 1 is 1.59 bits per heavy atom. The number of methoxy groups -OCH3 is 1. The average molecular weight is 316 g/mol. The summed E-state index contributed by atoms with van der Waals surface area (Å²) in [7, 11) is 1.32. The van der Waals surface area contributed by atoms with Gasteiger partial charge in [-0.1, -0.05) is 15.9 Å². The van der Waals surface area contributed by atoms with Crippen molar-refractivity contribution in [2.75, 3.05) is 7.11 Å². The first-order valence-corrected chi connectivity index (χ1v) is 6.71. The van der Waals surface area contributed by atoms with Crippen LogP contribution in [0.4, 0.5) is 0 Å². The second kappa shape index (κ2) is 5.01. The van der Waals surface area contributed by atoms with Crippen LogP contribution in [0, 0.1) is 0 Å². The molecule has 90 valence electrons. The molecule has 2 aromatic heterocycles. The molecule has 4 nitrogen and oxygen atoms in total. The topological polar surface area (TPSA) is 48.3 Å². The summed E-state index contributed by atoms with van der Waals surface area (Å²) in [5.41, 5.74) is -0.0860. The molecule has 0 aliphatic heterocycles. The first kappa shape index (κ1) is 12.3. The molecule has 1 unspecified atom stereocenters. The number of halogens is 1. The zero-order valence-corrected chi connectivity index (χ0v) is 11.5. The van der Waals surface area contributed by atoms with Crippen molar-refractivity contribution in [1.82, 2.24) is 4.57 Å². The van der Waals surface area contributed by atoms with Crippen molar-refractivity contribution in [2.45, 2.75) is 11.4 Å². The molecular weight excluding hydrogens is 306 g/mol. The first-order chi connectivity index (χ1) is 8.13. The molecule has 0 radical (unpaired) electrons. The van der Waals surface area contributed by atoms with Gasteiger partial charge in [0.1, 0.15) is 4.83 Å². The first-order valence-electron chi connectivity index (χ1n) is 4.92. The second-order valence-corrected chi connectivity index (χ2v) is 5.52. The third-order valence-corrected chi connectivity index (χ3v) is 3.95. The summed E-state index contributed by atoms with van der Waals surface area (Å²) in [4.78, 5) is 22.8. The highest BCUT2D eigenvalue weighted by molar-refractivity contribution is 9.10. The molecule has 0 aliphatic rings. The van der Waals surface area contributed by atoms with Gasteiger partial charge in [-0.2, -0.15) is 0 Å². The van der Waals surface area contributed by atoms with Crippen molar-refractivity contribution >= 4 is 43.3 Å². The van der Waals surface area contributed by atoms with Crippen LogP contribution < -0.4 is 5.56 Å². The Bertz CT molecular complexity index is 604. The van der Waals surface area contributed by atoms with Gasteiger partial charge in [0.2, 0.25) is 0 Å². The molecule has 0 aliphatic carbocycles. The van der Waals surface area contributed by atoms with Crippen molar-refractivity contribution in [1.29, 1.82) is 0 Å². The van der Waals surface area contributed by atoms with Crippen molar-refractivity contribution in [3.05, 3.63) is 34.1 Å². The van der Waals surface area contributed by atoms with Gasteiger partial charge in [0.15, 0.2) is 0 Å². The Labute approximate surface area is 110 Å². The summed E-state index contributed by atoms with van der Waals surface area (Å²) >= 11 is 4.72. The summed E-state index contributed by atoms with van der Waals surface area (Å²) in [5.74, 6) is -0.387. The molecule has 2 rings (SSSR count).